The minimum Gasteiger partial charge on any atom is -0.352 e. The molecule has 0 bridgehead atoms. The Morgan fingerprint density at radius 1 is 1.21 bits per heavy atom. The Morgan fingerprint density at radius 2 is 2.05 bits per heavy atom. The lowest BCUT2D eigenvalue weighted by atomic mass is 9.97. The predicted molar refractivity (Wildman–Crippen MR) is 69.9 cm³/mol. The molecule has 0 fully saturated rings. The van der Waals surface area contributed by atoms with Crippen LogP contribution in [0, 0.1) is 11.6 Å². The maximum absolute atomic E-state index is 13.0. The van der Waals surface area contributed by atoms with Crippen LogP contribution in [-0.2, 0) is 0 Å². The topological polar surface area (TPSA) is 29.1 Å². The highest BCUT2D eigenvalue weighted by Gasteiger charge is 2.10. The van der Waals surface area contributed by atoms with Crippen LogP contribution in [0.1, 0.15) is 42.5 Å². The maximum Gasteiger partial charge on any atom is 0.251 e. The first-order chi connectivity index (χ1) is 9.16. The van der Waals surface area contributed by atoms with Crippen LogP contribution in [0.2, 0.25) is 0 Å². The van der Waals surface area contributed by atoms with Gasteiger partial charge in [-0.1, -0.05) is 11.6 Å². The molecule has 0 spiro atoms. The highest BCUT2D eigenvalue weighted by atomic mass is 19.2. The molecule has 0 radical (unpaired) electrons. The zero-order valence-corrected chi connectivity index (χ0v) is 10.7. The van der Waals surface area contributed by atoms with E-state index in [1.807, 2.05) is 0 Å². The molecule has 0 saturated heterocycles. The fraction of sp³-hybridized carbons (Fsp3) is 0.400. The molecule has 0 heterocycles. The number of halogens is 2. The van der Waals surface area contributed by atoms with Crippen molar-refractivity contribution in [2.24, 2.45) is 0 Å². The second-order valence-corrected chi connectivity index (χ2v) is 4.74. The first-order valence-electron chi connectivity index (χ1n) is 6.58. The van der Waals surface area contributed by atoms with Crippen molar-refractivity contribution in [3.05, 3.63) is 47.0 Å². The maximum atomic E-state index is 13.0. The third kappa shape index (κ3) is 3.88. The fourth-order valence-corrected chi connectivity index (χ4v) is 2.21. The molecule has 0 atom stereocenters. The molecule has 0 aromatic heterocycles. The van der Waals surface area contributed by atoms with Crippen LogP contribution in [-0.4, -0.2) is 12.5 Å². The van der Waals surface area contributed by atoms with Crippen LogP contribution >= 0.6 is 0 Å². The Morgan fingerprint density at radius 3 is 2.74 bits per heavy atom. The van der Waals surface area contributed by atoms with Gasteiger partial charge in [-0.05, 0) is 50.3 Å². The van der Waals surface area contributed by atoms with Crippen molar-refractivity contribution in [3.8, 4) is 0 Å². The van der Waals surface area contributed by atoms with E-state index in [9.17, 15) is 13.6 Å². The largest absolute Gasteiger partial charge is 0.352 e. The highest BCUT2D eigenvalue weighted by molar-refractivity contribution is 5.94. The molecule has 0 unspecified atom stereocenters. The Kier molecular flexibility index (Phi) is 4.66. The molecule has 19 heavy (non-hydrogen) atoms. The van der Waals surface area contributed by atoms with Gasteiger partial charge in [0.2, 0.25) is 0 Å². The Balaban J connectivity index is 1.83. The van der Waals surface area contributed by atoms with E-state index in [1.165, 1.54) is 24.5 Å². The van der Waals surface area contributed by atoms with Crippen molar-refractivity contribution in [3.63, 3.8) is 0 Å². The number of allylic oxidation sites excluding steroid dienone is 1. The highest BCUT2D eigenvalue weighted by Crippen LogP contribution is 2.19. The van der Waals surface area contributed by atoms with Crippen molar-refractivity contribution in [1.29, 1.82) is 0 Å². The monoisotopic (exact) mass is 265 g/mol. The molecule has 1 amide bonds. The van der Waals surface area contributed by atoms with Gasteiger partial charge in [-0.25, -0.2) is 8.78 Å². The summed E-state index contributed by atoms with van der Waals surface area (Å²) in [6.07, 6.45) is 7.73. The van der Waals surface area contributed by atoms with Crippen LogP contribution in [0.4, 0.5) is 8.78 Å². The van der Waals surface area contributed by atoms with Crippen LogP contribution in [0.5, 0.6) is 0 Å². The number of hydrogen-bond acceptors (Lipinski definition) is 1. The second-order valence-electron chi connectivity index (χ2n) is 4.74. The van der Waals surface area contributed by atoms with Crippen LogP contribution in [0.15, 0.2) is 29.8 Å². The normalized spacial score (nSPS) is 14.9. The number of amides is 1. The fourth-order valence-electron chi connectivity index (χ4n) is 2.21. The summed E-state index contributed by atoms with van der Waals surface area (Å²) in [7, 11) is 0. The molecule has 1 aliphatic rings. The summed E-state index contributed by atoms with van der Waals surface area (Å²) in [5.41, 5.74) is 1.52. The molecular weight excluding hydrogens is 248 g/mol. The van der Waals surface area contributed by atoms with E-state index in [2.05, 4.69) is 11.4 Å². The van der Waals surface area contributed by atoms with Gasteiger partial charge in [0.1, 0.15) is 0 Å². The van der Waals surface area contributed by atoms with Crippen molar-refractivity contribution in [2.75, 3.05) is 6.54 Å². The summed E-state index contributed by atoms with van der Waals surface area (Å²) in [5, 5.41) is 2.72. The number of nitrogens with one attached hydrogen (secondary N) is 1. The van der Waals surface area contributed by atoms with Gasteiger partial charge < -0.3 is 5.32 Å². The van der Waals surface area contributed by atoms with E-state index in [-0.39, 0.29) is 11.5 Å². The molecule has 4 heteroatoms. The zero-order valence-electron chi connectivity index (χ0n) is 10.7. The number of carbonyl (C=O) groups is 1. The van der Waals surface area contributed by atoms with Gasteiger partial charge in [0.05, 0.1) is 0 Å². The van der Waals surface area contributed by atoms with Gasteiger partial charge in [0.15, 0.2) is 11.6 Å². The lowest BCUT2D eigenvalue weighted by molar-refractivity contribution is 0.0953. The minimum absolute atomic E-state index is 0.150. The Bertz CT molecular complexity index is 497. The van der Waals surface area contributed by atoms with E-state index in [1.54, 1.807) is 0 Å². The van der Waals surface area contributed by atoms with Crippen LogP contribution in [0.3, 0.4) is 0 Å². The second kappa shape index (κ2) is 6.45. The van der Waals surface area contributed by atoms with Gasteiger partial charge in [-0.15, -0.1) is 0 Å². The van der Waals surface area contributed by atoms with E-state index in [4.69, 9.17) is 0 Å². The molecular formula is C15H17F2NO. The summed E-state index contributed by atoms with van der Waals surface area (Å²) in [6.45, 7) is 0.531. The zero-order chi connectivity index (χ0) is 13.7. The van der Waals surface area contributed by atoms with E-state index in [0.29, 0.717) is 6.54 Å². The van der Waals surface area contributed by atoms with Crippen molar-refractivity contribution in [2.45, 2.75) is 32.1 Å². The van der Waals surface area contributed by atoms with E-state index >= 15 is 0 Å². The average molecular weight is 265 g/mol. The standard InChI is InChI=1S/C15H17F2NO/c16-13-7-6-12(10-14(13)17)15(19)18-9-8-11-4-2-1-3-5-11/h4,6-7,10H,1-3,5,8-9H2,(H,18,19). The first-order valence-corrected chi connectivity index (χ1v) is 6.58. The molecule has 102 valence electrons. The molecule has 0 aliphatic heterocycles. The summed E-state index contributed by atoms with van der Waals surface area (Å²) in [4.78, 5) is 11.7. The summed E-state index contributed by atoms with van der Waals surface area (Å²) < 4.78 is 25.7. The third-order valence-electron chi connectivity index (χ3n) is 3.30. The van der Waals surface area contributed by atoms with Gasteiger partial charge in [-0.2, -0.15) is 0 Å². The third-order valence-corrected chi connectivity index (χ3v) is 3.30. The van der Waals surface area contributed by atoms with E-state index < -0.39 is 11.6 Å². The number of rotatable bonds is 4. The molecule has 0 saturated carbocycles. The molecule has 1 aromatic rings. The smallest absolute Gasteiger partial charge is 0.251 e. The van der Waals surface area contributed by atoms with Crippen molar-refractivity contribution < 1.29 is 13.6 Å². The lowest BCUT2D eigenvalue weighted by Crippen LogP contribution is -2.25. The van der Waals surface area contributed by atoms with Gasteiger partial charge in [0.25, 0.3) is 5.91 Å². The lowest BCUT2D eigenvalue weighted by Gasteiger charge is -2.13. The molecule has 2 rings (SSSR count). The van der Waals surface area contributed by atoms with Gasteiger partial charge >= 0.3 is 0 Å². The number of carbonyl (C=O) groups excluding carboxylic acids is 1. The average Bonchev–Trinajstić information content (AvgIpc) is 2.43. The van der Waals surface area contributed by atoms with Crippen molar-refractivity contribution >= 4 is 5.91 Å². The minimum atomic E-state index is -0.998. The first kappa shape index (κ1) is 13.7. The van der Waals surface area contributed by atoms with Crippen LogP contribution in [0.25, 0.3) is 0 Å². The van der Waals surface area contributed by atoms with Crippen molar-refractivity contribution in [1.82, 2.24) is 5.32 Å². The summed E-state index contributed by atoms with van der Waals surface area (Å²) in [5.74, 6) is -2.30. The molecule has 2 nitrogen and oxygen atoms in total. The molecule has 1 aromatic carbocycles. The Labute approximate surface area is 111 Å². The molecule has 1 aliphatic carbocycles. The SMILES string of the molecule is O=C(NCCC1=CCCCC1)c1ccc(F)c(F)c1. The quantitative estimate of drug-likeness (QED) is 0.828. The van der Waals surface area contributed by atoms with E-state index in [0.717, 1.165) is 31.4 Å². The summed E-state index contributed by atoms with van der Waals surface area (Å²) in [6, 6.07) is 3.17. The Hall–Kier alpha value is -1.71. The van der Waals surface area contributed by atoms with Crippen LogP contribution < -0.4 is 5.32 Å². The number of benzene rings is 1. The van der Waals surface area contributed by atoms with Gasteiger partial charge in [0, 0.05) is 12.1 Å². The number of hydrogen-bond donors (Lipinski definition) is 1. The summed E-state index contributed by atoms with van der Waals surface area (Å²) >= 11 is 0. The predicted octanol–water partition coefficient (Wildman–Crippen LogP) is 3.59. The van der Waals surface area contributed by atoms with Gasteiger partial charge in [-0.3, -0.25) is 4.79 Å². The molecule has 1 N–H and O–H groups in total.